The van der Waals surface area contributed by atoms with E-state index in [0.717, 1.165) is 21.9 Å². The number of carboxylic acids is 1. The highest BCUT2D eigenvalue weighted by Gasteiger charge is 2.03. The second-order valence-electron chi connectivity index (χ2n) is 3.04. The van der Waals surface area contributed by atoms with Gasteiger partial charge in [0.05, 0.1) is 12.1 Å². The Morgan fingerprint density at radius 3 is 2.53 bits per heavy atom. The number of aliphatic carboxylic acids is 1. The van der Waals surface area contributed by atoms with Crippen LogP contribution in [0.4, 0.5) is 10.5 Å². The van der Waals surface area contributed by atoms with E-state index in [1.807, 2.05) is 12.1 Å². The fourth-order valence-electron chi connectivity index (χ4n) is 0.924. The van der Waals surface area contributed by atoms with Crippen LogP contribution in [-0.2, 0) is 4.79 Å². The third-order valence-electron chi connectivity index (χ3n) is 1.70. The standard InChI is InChI=1S/C10H11BrN2O3S/c11-7-1-3-8(4-2-7)12-13-10(16)17-6-5-9(14)15/h1-4,12H,5-6H2,(H,13,16)(H,14,15). The summed E-state index contributed by atoms with van der Waals surface area (Å²) in [4.78, 5) is 21.5. The van der Waals surface area contributed by atoms with E-state index >= 15 is 0 Å². The number of hydrogen-bond donors (Lipinski definition) is 3. The SMILES string of the molecule is O=C(O)CCSC(=O)NNc1ccc(Br)cc1. The Bertz CT molecular complexity index is 397. The molecule has 1 aromatic carbocycles. The Morgan fingerprint density at radius 1 is 1.29 bits per heavy atom. The molecule has 0 radical (unpaired) electrons. The maximum Gasteiger partial charge on any atom is 0.304 e. The van der Waals surface area contributed by atoms with Gasteiger partial charge in [0.15, 0.2) is 0 Å². The zero-order chi connectivity index (χ0) is 12.7. The van der Waals surface area contributed by atoms with Crippen LogP contribution < -0.4 is 10.9 Å². The van der Waals surface area contributed by atoms with E-state index < -0.39 is 5.97 Å². The van der Waals surface area contributed by atoms with Crippen molar-refractivity contribution in [1.82, 2.24) is 5.43 Å². The largest absolute Gasteiger partial charge is 0.481 e. The average Bonchev–Trinajstić information content (AvgIpc) is 2.28. The summed E-state index contributed by atoms with van der Waals surface area (Å²) in [7, 11) is 0. The predicted molar refractivity (Wildman–Crippen MR) is 71.0 cm³/mol. The quantitative estimate of drug-likeness (QED) is 0.727. The molecule has 0 spiro atoms. The predicted octanol–water partition coefficient (Wildman–Crippen LogP) is 2.69. The van der Waals surface area contributed by atoms with Crippen LogP contribution in [0.15, 0.2) is 28.7 Å². The van der Waals surface area contributed by atoms with E-state index in [0.29, 0.717) is 0 Å². The summed E-state index contributed by atoms with van der Waals surface area (Å²) < 4.78 is 0.949. The summed E-state index contributed by atoms with van der Waals surface area (Å²) in [6.45, 7) is 0. The van der Waals surface area contributed by atoms with Crippen LogP contribution in [0, 0.1) is 0 Å². The van der Waals surface area contributed by atoms with Crippen LogP contribution in [-0.4, -0.2) is 22.1 Å². The molecule has 0 aliphatic carbocycles. The summed E-state index contributed by atoms with van der Waals surface area (Å²) in [5, 5.41) is 8.08. The van der Waals surface area contributed by atoms with E-state index in [2.05, 4.69) is 26.8 Å². The lowest BCUT2D eigenvalue weighted by Gasteiger charge is -2.07. The van der Waals surface area contributed by atoms with Crippen molar-refractivity contribution in [2.45, 2.75) is 6.42 Å². The second-order valence-corrected chi connectivity index (χ2v) is 5.02. The number of halogens is 1. The van der Waals surface area contributed by atoms with Gasteiger partial charge in [0.25, 0.3) is 5.24 Å². The number of hydrogen-bond acceptors (Lipinski definition) is 4. The molecule has 0 heterocycles. The zero-order valence-electron chi connectivity index (χ0n) is 8.77. The highest BCUT2D eigenvalue weighted by atomic mass is 79.9. The van der Waals surface area contributed by atoms with Gasteiger partial charge in [-0.2, -0.15) is 0 Å². The zero-order valence-corrected chi connectivity index (χ0v) is 11.2. The molecule has 3 N–H and O–H groups in total. The number of benzene rings is 1. The normalized spacial score (nSPS) is 9.71. The van der Waals surface area contributed by atoms with Gasteiger partial charge in [-0.15, -0.1) is 0 Å². The maximum absolute atomic E-state index is 11.3. The number of nitrogens with one attached hydrogen (secondary N) is 2. The van der Waals surface area contributed by atoms with Crippen LogP contribution in [0.3, 0.4) is 0 Å². The lowest BCUT2D eigenvalue weighted by atomic mass is 10.3. The van der Waals surface area contributed by atoms with Crippen LogP contribution in [0.5, 0.6) is 0 Å². The first-order valence-corrected chi connectivity index (χ1v) is 6.52. The number of amides is 1. The highest BCUT2D eigenvalue weighted by molar-refractivity contribution is 9.10. The highest BCUT2D eigenvalue weighted by Crippen LogP contribution is 2.13. The summed E-state index contributed by atoms with van der Waals surface area (Å²) in [6, 6.07) is 7.27. The van der Waals surface area contributed by atoms with Crippen LogP contribution in [0.2, 0.25) is 0 Å². The molecule has 0 unspecified atom stereocenters. The van der Waals surface area contributed by atoms with Gasteiger partial charge in [-0.25, -0.2) is 0 Å². The molecule has 17 heavy (non-hydrogen) atoms. The minimum absolute atomic E-state index is 0.0314. The monoisotopic (exact) mass is 318 g/mol. The van der Waals surface area contributed by atoms with Gasteiger partial charge in [0.1, 0.15) is 0 Å². The number of carbonyl (C=O) groups is 2. The van der Waals surface area contributed by atoms with E-state index in [4.69, 9.17) is 5.11 Å². The van der Waals surface area contributed by atoms with Gasteiger partial charge in [-0.3, -0.25) is 20.4 Å². The molecule has 1 aromatic rings. The molecule has 7 heteroatoms. The van der Waals surface area contributed by atoms with Crippen molar-refractivity contribution in [3.05, 3.63) is 28.7 Å². The van der Waals surface area contributed by atoms with Crippen molar-refractivity contribution in [1.29, 1.82) is 0 Å². The Morgan fingerprint density at radius 2 is 1.94 bits per heavy atom. The van der Waals surface area contributed by atoms with Crippen LogP contribution in [0.1, 0.15) is 6.42 Å². The molecule has 0 saturated heterocycles. The fraction of sp³-hybridized carbons (Fsp3) is 0.200. The average molecular weight is 319 g/mol. The van der Waals surface area contributed by atoms with Gasteiger partial charge in [0, 0.05) is 10.2 Å². The van der Waals surface area contributed by atoms with Crippen LogP contribution in [0.25, 0.3) is 0 Å². The molecule has 0 saturated carbocycles. The van der Waals surface area contributed by atoms with E-state index in [9.17, 15) is 9.59 Å². The first-order chi connectivity index (χ1) is 8.08. The number of carboxylic acid groups (broad SMARTS) is 1. The van der Waals surface area contributed by atoms with Gasteiger partial charge in [0.2, 0.25) is 0 Å². The van der Waals surface area contributed by atoms with Crippen LogP contribution >= 0.6 is 27.7 Å². The van der Waals surface area contributed by atoms with Crippen molar-refractivity contribution in [3.63, 3.8) is 0 Å². The molecule has 5 nitrogen and oxygen atoms in total. The molecule has 1 rings (SSSR count). The molecule has 0 aliphatic rings. The minimum atomic E-state index is -0.911. The first kappa shape index (κ1) is 13.9. The summed E-state index contributed by atoms with van der Waals surface area (Å²) in [5.74, 6) is -0.658. The van der Waals surface area contributed by atoms with E-state index in [1.54, 1.807) is 12.1 Å². The van der Waals surface area contributed by atoms with Gasteiger partial charge in [-0.05, 0) is 24.3 Å². The summed E-state index contributed by atoms with van der Waals surface area (Å²) in [5.41, 5.74) is 5.93. The molecule has 1 amide bonds. The summed E-state index contributed by atoms with van der Waals surface area (Å²) >= 11 is 4.22. The molecular formula is C10H11BrN2O3S. The number of carbonyl (C=O) groups excluding carboxylic acids is 1. The minimum Gasteiger partial charge on any atom is -0.481 e. The van der Waals surface area contributed by atoms with Crippen molar-refractivity contribution >= 4 is 44.6 Å². The number of hydrazine groups is 1. The lowest BCUT2D eigenvalue weighted by molar-refractivity contribution is -0.136. The van der Waals surface area contributed by atoms with Crippen molar-refractivity contribution in [2.75, 3.05) is 11.2 Å². The Kier molecular flexibility index (Phi) is 5.85. The van der Waals surface area contributed by atoms with Crippen molar-refractivity contribution in [3.8, 4) is 0 Å². The van der Waals surface area contributed by atoms with E-state index in [-0.39, 0.29) is 17.4 Å². The Labute approximate surface area is 111 Å². The molecule has 0 bridgehead atoms. The van der Waals surface area contributed by atoms with Gasteiger partial charge in [-0.1, -0.05) is 27.7 Å². The third-order valence-corrected chi connectivity index (χ3v) is 3.00. The van der Waals surface area contributed by atoms with Gasteiger partial charge < -0.3 is 5.11 Å². The second kappa shape index (κ2) is 7.18. The molecule has 0 aliphatic heterocycles. The Balaban J connectivity index is 2.23. The topological polar surface area (TPSA) is 78.4 Å². The maximum atomic E-state index is 11.3. The Hall–Kier alpha value is -1.21. The van der Waals surface area contributed by atoms with Gasteiger partial charge >= 0.3 is 5.97 Å². The van der Waals surface area contributed by atoms with Crippen molar-refractivity contribution in [2.24, 2.45) is 0 Å². The number of anilines is 1. The molecule has 0 atom stereocenters. The molecule has 0 aromatic heterocycles. The third kappa shape index (κ3) is 6.18. The number of rotatable bonds is 5. The smallest absolute Gasteiger partial charge is 0.304 e. The molecule has 0 fully saturated rings. The summed E-state index contributed by atoms with van der Waals surface area (Å²) in [6.07, 6.45) is -0.0314. The van der Waals surface area contributed by atoms with E-state index in [1.165, 1.54) is 0 Å². The molecular weight excluding hydrogens is 308 g/mol. The molecule has 92 valence electrons. The number of thioether (sulfide) groups is 1. The lowest BCUT2D eigenvalue weighted by Crippen LogP contribution is -2.25. The van der Waals surface area contributed by atoms with Crippen molar-refractivity contribution < 1.29 is 14.7 Å². The fourth-order valence-corrected chi connectivity index (χ4v) is 1.77. The first-order valence-electron chi connectivity index (χ1n) is 4.74.